The Kier molecular flexibility index (Phi) is 4.42. The zero-order valence-corrected chi connectivity index (χ0v) is 12.1. The normalized spacial score (nSPS) is 21.0. The van der Waals surface area contributed by atoms with E-state index in [1.807, 2.05) is 12.1 Å². The van der Waals surface area contributed by atoms with Gasteiger partial charge in [-0.05, 0) is 25.0 Å². The third-order valence-electron chi connectivity index (χ3n) is 3.63. The van der Waals surface area contributed by atoms with Gasteiger partial charge in [0.15, 0.2) is 5.60 Å². The molecule has 4 nitrogen and oxygen atoms in total. The maximum absolute atomic E-state index is 12.3. The van der Waals surface area contributed by atoms with Crippen molar-refractivity contribution in [1.82, 2.24) is 5.32 Å². The summed E-state index contributed by atoms with van der Waals surface area (Å²) in [6, 6.07) is 7.28. The molecule has 0 spiro atoms. The van der Waals surface area contributed by atoms with Crippen LogP contribution in [0.5, 0.6) is 0 Å². The third-order valence-corrected chi connectivity index (χ3v) is 3.63. The second-order valence-electron chi connectivity index (χ2n) is 5.42. The van der Waals surface area contributed by atoms with Gasteiger partial charge >= 0.3 is 5.97 Å². The van der Waals surface area contributed by atoms with Gasteiger partial charge in [-0.2, -0.15) is 0 Å². The highest BCUT2D eigenvalue weighted by Gasteiger charge is 2.42. The van der Waals surface area contributed by atoms with Gasteiger partial charge in [-0.1, -0.05) is 38.0 Å². The van der Waals surface area contributed by atoms with Crippen molar-refractivity contribution in [2.45, 2.75) is 45.1 Å². The number of benzene rings is 1. The number of fused-ring (bicyclic) bond motifs is 1. The first-order chi connectivity index (χ1) is 9.57. The van der Waals surface area contributed by atoms with Crippen molar-refractivity contribution in [3.8, 4) is 0 Å². The lowest BCUT2D eigenvalue weighted by atomic mass is 9.89. The minimum atomic E-state index is -1.10. The van der Waals surface area contributed by atoms with Crippen LogP contribution in [-0.4, -0.2) is 24.0 Å². The van der Waals surface area contributed by atoms with Crippen molar-refractivity contribution in [2.24, 2.45) is 0 Å². The molecule has 0 fully saturated rings. The minimum Gasteiger partial charge on any atom is -0.445 e. The maximum Gasteiger partial charge on any atom is 0.339 e. The number of carbonyl (C=O) groups is 2. The van der Waals surface area contributed by atoms with Crippen LogP contribution in [0.4, 0.5) is 0 Å². The van der Waals surface area contributed by atoms with Gasteiger partial charge in [-0.3, -0.25) is 4.79 Å². The summed E-state index contributed by atoms with van der Waals surface area (Å²) < 4.78 is 5.37. The fourth-order valence-electron chi connectivity index (χ4n) is 2.42. The van der Waals surface area contributed by atoms with E-state index in [0.717, 1.165) is 24.8 Å². The Balaban J connectivity index is 2.05. The van der Waals surface area contributed by atoms with Crippen molar-refractivity contribution < 1.29 is 14.3 Å². The molecule has 2 rings (SSSR count). The van der Waals surface area contributed by atoms with Crippen LogP contribution in [0.25, 0.3) is 0 Å². The van der Waals surface area contributed by atoms with Gasteiger partial charge in [0.1, 0.15) is 0 Å². The van der Waals surface area contributed by atoms with E-state index in [4.69, 9.17) is 4.74 Å². The molecule has 1 unspecified atom stereocenters. The summed E-state index contributed by atoms with van der Waals surface area (Å²) in [6.45, 7) is 4.42. The Bertz CT molecular complexity index is 512. The van der Waals surface area contributed by atoms with Crippen LogP contribution in [0.15, 0.2) is 24.3 Å². The van der Waals surface area contributed by atoms with Gasteiger partial charge in [0, 0.05) is 13.0 Å². The Hall–Kier alpha value is -1.84. The highest BCUT2D eigenvalue weighted by molar-refractivity contribution is 5.97. The standard InChI is InChI=1S/C16H21NO3/c1-3-4-7-10-17-15(19)16(2)11-12-8-5-6-9-13(12)14(18)20-16/h5-6,8-9H,3-4,7,10-11H2,1-2H3,(H,17,19). The summed E-state index contributed by atoms with van der Waals surface area (Å²) in [5, 5.41) is 2.86. The molecule has 1 aromatic carbocycles. The van der Waals surface area contributed by atoms with Gasteiger partial charge in [0.05, 0.1) is 5.56 Å². The molecule has 108 valence electrons. The van der Waals surface area contributed by atoms with Crippen molar-refractivity contribution >= 4 is 11.9 Å². The number of amides is 1. The zero-order valence-electron chi connectivity index (χ0n) is 12.1. The van der Waals surface area contributed by atoms with Crippen LogP contribution in [-0.2, 0) is 16.0 Å². The predicted octanol–water partition coefficient (Wildman–Crippen LogP) is 2.46. The number of carbonyl (C=O) groups excluding carboxylic acids is 2. The molecular weight excluding hydrogens is 254 g/mol. The number of rotatable bonds is 5. The summed E-state index contributed by atoms with van der Waals surface area (Å²) in [6.07, 6.45) is 3.56. The largest absolute Gasteiger partial charge is 0.445 e. The molecule has 0 bridgehead atoms. The molecule has 4 heteroatoms. The average Bonchev–Trinajstić information content (AvgIpc) is 2.43. The van der Waals surface area contributed by atoms with E-state index in [2.05, 4.69) is 12.2 Å². The molecule has 0 saturated carbocycles. The average molecular weight is 275 g/mol. The first-order valence-electron chi connectivity index (χ1n) is 7.16. The number of ether oxygens (including phenoxy) is 1. The Morgan fingerprint density at radius 2 is 2.10 bits per heavy atom. The van der Waals surface area contributed by atoms with Gasteiger partial charge in [0.25, 0.3) is 5.91 Å². The van der Waals surface area contributed by atoms with Crippen molar-refractivity contribution in [2.75, 3.05) is 6.54 Å². The van der Waals surface area contributed by atoms with Gasteiger partial charge in [-0.25, -0.2) is 4.79 Å². The molecule has 0 aliphatic carbocycles. The minimum absolute atomic E-state index is 0.212. The van der Waals surface area contributed by atoms with Crippen LogP contribution >= 0.6 is 0 Å². The van der Waals surface area contributed by atoms with Crippen LogP contribution in [0.3, 0.4) is 0 Å². The lowest BCUT2D eigenvalue weighted by Crippen LogP contribution is -2.51. The van der Waals surface area contributed by atoms with Crippen LogP contribution in [0.2, 0.25) is 0 Å². The molecule has 20 heavy (non-hydrogen) atoms. The topological polar surface area (TPSA) is 55.4 Å². The van der Waals surface area contributed by atoms with Crippen molar-refractivity contribution in [3.05, 3.63) is 35.4 Å². The van der Waals surface area contributed by atoms with E-state index >= 15 is 0 Å². The summed E-state index contributed by atoms with van der Waals surface area (Å²) in [7, 11) is 0. The van der Waals surface area contributed by atoms with E-state index in [0.29, 0.717) is 18.5 Å². The molecule has 1 heterocycles. The van der Waals surface area contributed by atoms with Crippen molar-refractivity contribution in [3.63, 3.8) is 0 Å². The summed E-state index contributed by atoms with van der Waals surface area (Å²) in [5.41, 5.74) is 0.330. The highest BCUT2D eigenvalue weighted by Crippen LogP contribution is 2.28. The van der Waals surface area contributed by atoms with E-state index in [1.54, 1.807) is 19.1 Å². The smallest absolute Gasteiger partial charge is 0.339 e. The van der Waals surface area contributed by atoms with Crippen LogP contribution in [0, 0.1) is 0 Å². The molecule has 1 N–H and O–H groups in total. The number of nitrogens with one attached hydrogen (secondary N) is 1. The predicted molar refractivity (Wildman–Crippen MR) is 76.5 cm³/mol. The Morgan fingerprint density at radius 3 is 2.85 bits per heavy atom. The molecule has 1 aromatic rings. The first kappa shape index (κ1) is 14.6. The van der Waals surface area contributed by atoms with Crippen LogP contribution in [0.1, 0.15) is 49.0 Å². The molecule has 0 saturated heterocycles. The Morgan fingerprint density at radius 1 is 1.35 bits per heavy atom. The molecule has 0 aromatic heterocycles. The SMILES string of the molecule is CCCCCNC(=O)C1(C)Cc2ccccc2C(=O)O1. The molecule has 1 atom stereocenters. The second-order valence-corrected chi connectivity index (χ2v) is 5.42. The van der Waals surface area contributed by atoms with E-state index in [-0.39, 0.29) is 5.91 Å². The summed E-state index contributed by atoms with van der Waals surface area (Å²) in [4.78, 5) is 24.2. The summed E-state index contributed by atoms with van der Waals surface area (Å²) >= 11 is 0. The number of hydrogen-bond acceptors (Lipinski definition) is 3. The lowest BCUT2D eigenvalue weighted by Gasteiger charge is -2.33. The number of unbranched alkanes of at least 4 members (excludes halogenated alkanes) is 2. The second kappa shape index (κ2) is 6.07. The zero-order chi connectivity index (χ0) is 14.6. The van der Waals surface area contributed by atoms with Gasteiger partial charge in [0.2, 0.25) is 0 Å². The monoisotopic (exact) mass is 275 g/mol. The van der Waals surface area contributed by atoms with Gasteiger partial charge in [-0.15, -0.1) is 0 Å². The highest BCUT2D eigenvalue weighted by atomic mass is 16.6. The fourth-order valence-corrected chi connectivity index (χ4v) is 2.42. The summed E-state index contributed by atoms with van der Waals surface area (Å²) in [5.74, 6) is -0.630. The third kappa shape index (κ3) is 3.00. The molecular formula is C16H21NO3. The molecule has 1 amide bonds. The molecule has 0 radical (unpaired) electrons. The molecule has 1 aliphatic rings. The van der Waals surface area contributed by atoms with E-state index < -0.39 is 11.6 Å². The van der Waals surface area contributed by atoms with Crippen molar-refractivity contribution in [1.29, 1.82) is 0 Å². The molecule has 1 aliphatic heterocycles. The number of hydrogen-bond donors (Lipinski definition) is 1. The van der Waals surface area contributed by atoms with E-state index in [9.17, 15) is 9.59 Å². The Labute approximate surface area is 119 Å². The maximum atomic E-state index is 12.3. The number of cyclic esters (lactones) is 1. The number of esters is 1. The van der Waals surface area contributed by atoms with Crippen LogP contribution < -0.4 is 5.32 Å². The fraction of sp³-hybridized carbons (Fsp3) is 0.500. The van der Waals surface area contributed by atoms with E-state index in [1.165, 1.54) is 0 Å². The quantitative estimate of drug-likeness (QED) is 0.663. The van der Waals surface area contributed by atoms with Gasteiger partial charge < -0.3 is 10.1 Å². The first-order valence-corrected chi connectivity index (χ1v) is 7.16. The lowest BCUT2D eigenvalue weighted by molar-refractivity contribution is -0.139.